The van der Waals surface area contributed by atoms with Crippen LogP contribution in [-0.4, -0.2) is 24.4 Å². The SMILES string of the molecule is CCOc1ccc(C(=O)NC(CCCl)C(C)(C)C)cc1. The molecule has 20 heavy (non-hydrogen) atoms. The molecule has 1 N–H and O–H groups in total. The van der Waals surface area contributed by atoms with Crippen molar-refractivity contribution in [1.29, 1.82) is 0 Å². The second-order valence-corrected chi connectivity index (χ2v) is 6.21. The van der Waals surface area contributed by atoms with Crippen LogP contribution in [-0.2, 0) is 0 Å². The third-order valence-electron chi connectivity index (χ3n) is 3.18. The summed E-state index contributed by atoms with van der Waals surface area (Å²) in [5.41, 5.74) is 0.618. The first-order chi connectivity index (χ1) is 9.38. The molecule has 1 atom stereocenters. The first kappa shape index (κ1) is 16.8. The highest BCUT2D eigenvalue weighted by Gasteiger charge is 2.25. The minimum absolute atomic E-state index is 0.0180. The van der Waals surface area contributed by atoms with Crippen LogP contribution < -0.4 is 10.1 Å². The predicted molar refractivity (Wildman–Crippen MR) is 83.7 cm³/mol. The lowest BCUT2D eigenvalue weighted by Gasteiger charge is -2.31. The molecule has 0 heterocycles. The maximum Gasteiger partial charge on any atom is 0.251 e. The normalized spacial score (nSPS) is 12.8. The van der Waals surface area contributed by atoms with Crippen molar-refractivity contribution in [3.63, 3.8) is 0 Å². The molecule has 1 unspecified atom stereocenters. The molecule has 0 fully saturated rings. The van der Waals surface area contributed by atoms with Crippen molar-refractivity contribution in [3.8, 4) is 5.75 Å². The summed E-state index contributed by atoms with van der Waals surface area (Å²) >= 11 is 5.82. The van der Waals surface area contributed by atoms with Crippen LogP contribution in [0.25, 0.3) is 0 Å². The number of amides is 1. The maximum atomic E-state index is 12.3. The Bertz CT molecular complexity index is 423. The van der Waals surface area contributed by atoms with Gasteiger partial charge in [-0.15, -0.1) is 11.6 Å². The Morgan fingerprint density at radius 2 is 1.90 bits per heavy atom. The first-order valence-corrected chi connectivity index (χ1v) is 7.51. The van der Waals surface area contributed by atoms with Crippen LogP contribution in [0.1, 0.15) is 44.5 Å². The molecule has 3 nitrogen and oxygen atoms in total. The molecule has 1 rings (SSSR count). The van der Waals surface area contributed by atoms with E-state index in [1.807, 2.05) is 19.1 Å². The monoisotopic (exact) mass is 297 g/mol. The fraction of sp³-hybridized carbons (Fsp3) is 0.562. The lowest BCUT2D eigenvalue weighted by atomic mass is 9.85. The molecule has 1 amide bonds. The molecule has 112 valence electrons. The van der Waals surface area contributed by atoms with Gasteiger partial charge in [0, 0.05) is 17.5 Å². The van der Waals surface area contributed by atoms with E-state index < -0.39 is 0 Å². The van der Waals surface area contributed by atoms with Crippen LogP contribution >= 0.6 is 11.6 Å². The lowest BCUT2D eigenvalue weighted by molar-refractivity contribution is 0.0900. The van der Waals surface area contributed by atoms with E-state index in [9.17, 15) is 4.79 Å². The Labute approximate surface area is 126 Å². The number of nitrogens with one attached hydrogen (secondary N) is 1. The number of halogens is 1. The van der Waals surface area contributed by atoms with Crippen molar-refractivity contribution in [2.45, 2.75) is 40.2 Å². The minimum Gasteiger partial charge on any atom is -0.494 e. The highest BCUT2D eigenvalue weighted by atomic mass is 35.5. The van der Waals surface area contributed by atoms with E-state index in [0.29, 0.717) is 18.1 Å². The van der Waals surface area contributed by atoms with Gasteiger partial charge in [-0.3, -0.25) is 4.79 Å². The predicted octanol–water partition coefficient (Wildman–Crippen LogP) is 3.86. The molecular formula is C16H24ClNO2. The Balaban J connectivity index is 2.73. The minimum atomic E-state index is -0.0712. The molecule has 0 aliphatic heterocycles. The molecule has 0 saturated carbocycles. The van der Waals surface area contributed by atoms with Crippen molar-refractivity contribution in [2.24, 2.45) is 5.41 Å². The topological polar surface area (TPSA) is 38.3 Å². The van der Waals surface area contributed by atoms with Crippen molar-refractivity contribution in [3.05, 3.63) is 29.8 Å². The number of rotatable bonds is 6. The fourth-order valence-corrected chi connectivity index (χ4v) is 2.16. The molecule has 0 aliphatic carbocycles. The Hall–Kier alpha value is -1.22. The summed E-state index contributed by atoms with van der Waals surface area (Å²) < 4.78 is 5.37. The van der Waals surface area contributed by atoms with Crippen LogP contribution in [0, 0.1) is 5.41 Å². The van der Waals surface area contributed by atoms with Gasteiger partial charge in [-0.2, -0.15) is 0 Å². The number of benzene rings is 1. The summed E-state index contributed by atoms with van der Waals surface area (Å²) in [7, 11) is 0. The second kappa shape index (κ2) is 7.53. The Morgan fingerprint density at radius 1 is 1.30 bits per heavy atom. The smallest absolute Gasteiger partial charge is 0.251 e. The van der Waals surface area contributed by atoms with Crippen LogP contribution in [0.5, 0.6) is 5.75 Å². The van der Waals surface area contributed by atoms with Gasteiger partial charge in [-0.05, 0) is 43.0 Å². The summed E-state index contributed by atoms with van der Waals surface area (Å²) in [5.74, 6) is 1.24. The van der Waals surface area contributed by atoms with Crippen molar-refractivity contribution in [1.82, 2.24) is 5.32 Å². The molecule has 1 aromatic carbocycles. The number of alkyl halides is 1. The summed E-state index contributed by atoms with van der Waals surface area (Å²) in [6, 6.07) is 7.23. The molecule has 0 spiro atoms. The number of hydrogen-bond donors (Lipinski definition) is 1. The number of hydrogen-bond acceptors (Lipinski definition) is 2. The van der Waals surface area contributed by atoms with Gasteiger partial charge in [-0.1, -0.05) is 20.8 Å². The highest BCUT2D eigenvalue weighted by Crippen LogP contribution is 2.23. The second-order valence-electron chi connectivity index (χ2n) is 5.83. The summed E-state index contributed by atoms with van der Waals surface area (Å²) in [6.07, 6.45) is 0.758. The number of carbonyl (C=O) groups excluding carboxylic acids is 1. The molecule has 0 radical (unpaired) electrons. The van der Waals surface area contributed by atoms with E-state index >= 15 is 0 Å². The number of carbonyl (C=O) groups is 1. The van der Waals surface area contributed by atoms with E-state index in [1.54, 1.807) is 12.1 Å². The zero-order valence-corrected chi connectivity index (χ0v) is 13.5. The van der Waals surface area contributed by atoms with E-state index in [-0.39, 0.29) is 17.4 Å². The van der Waals surface area contributed by atoms with Gasteiger partial charge in [0.15, 0.2) is 0 Å². The van der Waals surface area contributed by atoms with Crippen molar-refractivity contribution in [2.75, 3.05) is 12.5 Å². The van der Waals surface area contributed by atoms with Gasteiger partial charge in [0.05, 0.1) is 6.61 Å². The third kappa shape index (κ3) is 5.04. The van der Waals surface area contributed by atoms with Gasteiger partial charge in [0.1, 0.15) is 5.75 Å². The standard InChI is InChI=1S/C16H24ClNO2/c1-5-20-13-8-6-12(7-9-13)15(19)18-14(10-11-17)16(2,3)4/h6-9,14H,5,10-11H2,1-4H3,(H,18,19). The summed E-state index contributed by atoms with van der Waals surface area (Å²) in [5, 5.41) is 3.06. The van der Waals surface area contributed by atoms with Crippen molar-refractivity contribution >= 4 is 17.5 Å². The molecule has 0 bridgehead atoms. The average Bonchev–Trinajstić information content (AvgIpc) is 2.38. The highest BCUT2D eigenvalue weighted by molar-refractivity contribution is 6.17. The Kier molecular flexibility index (Phi) is 6.34. The van der Waals surface area contributed by atoms with Gasteiger partial charge >= 0.3 is 0 Å². The van der Waals surface area contributed by atoms with E-state index in [4.69, 9.17) is 16.3 Å². The van der Waals surface area contributed by atoms with E-state index in [2.05, 4.69) is 26.1 Å². The van der Waals surface area contributed by atoms with Gasteiger partial charge in [-0.25, -0.2) is 0 Å². The quantitative estimate of drug-likeness (QED) is 0.810. The largest absolute Gasteiger partial charge is 0.494 e. The van der Waals surface area contributed by atoms with Crippen LogP contribution in [0.4, 0.5) is 0 Å². The Morgan fingerprint density at radius 3 is 2.35 bits per heavy atom. The van der Waals surface area contributed by atoms with Crippen LogP contribution in [0.2, 0.25) is 0 Å². The third-order valence-corrected chi connectivity index (χ3v) is 3.39. The van der Waals surface area contributed by atoms with Crippen LogP contribution in [0.3, 0.4) is 0 Å². The zero-order valence-electron chi connectivity index (χ0n) is 12.7. The zero-order chi connectivity index (χ0) is 15.2. The van der Waals surface area contributed by atoms with Crippen molar-refractivity contribution < 1.29 is 9.53 Å². The molecule has 0 aliphatic rings. The summed E-state index contributed by atoms with van der Waals surface area (Å²) in [6.45, 7) is 8.85. The molecule has 0 saturated heterocycles. The van der Waals surface area contributed by atoms with Gasteiger partial charge < -0.3 is 10.1 Å². The van der Waals surface area contributed by atoms with Gasteiger partial charge in [0.25, 0.3) is 5.91 Å². The molecule has 4 heteroatoms. The van der Waals surface area contributed by atoms with Gasteiger partial charge in [0.2, 0.25) is 0 Å². The summed E-state index contributed by atoms with van der Waals surface area (Å²) in [4.78, 5) is 12.3. The molecular weight excluding hydrogens is 274 g/mol. The maximum absolute atomic E-state index is 12.3. The van der Waals surface area contributed by atoms with E-state index in [0.717, 1.165) is 12.2 Å². The van der Waals surface area contributed by atoms with Crippen LogP contribution in [0.15, 0.2) is 24.3 Å². The average molecular weight is 298 g/mol. The molecule has 1 aromatic rings. The number of ether oxygens (including phenoxy) is 1. The fourth-order valence-electron chi connectivity index (χ4n) is 1.94. The van der Waals surface area contributed by atoms with E-state index in [1.165, 1.54) is 0 Å². The molecule has 0 aromatic heterocycles. The lowest BCUT2D eigenvalue weighted by Crippen LogP contribution is -2.44. The first-order valence-electron chi connectivity index (χ1n) is 6.98.